The van der Waals surface area contributed by atoms with Gasteiger partial charge in [0.1, 0.15) is 12.5 Å². The molecule has 3 rings (SSSR count). The molecule has 5 heteroatoms. The highest BCUT2D eigenvalue weighted by molar-refractivity contribution is 5.04. The summed E-state index contributed by atoms with van der Waals surface area (Å²) in [5.74, 6) is 1.27. The van der Waals surface area contributed by atoms with Gasteiger partial charge in [-0.25, -0.2) is 0 Å². The molecule has 3 fully saturated rings. The summed E-state index contributed by atoms with van der Waals surface area (Å²) < 4.78 is 0. The molecule has 2 aliphatic carbocycles. The minimum atomic E-state index is -0.999. The van der Waals surface area contributed by atoms with Crippen molar-refractivity contribution in [2.24, 2.45) is 23.7 Å². The van der Waals surface area contributed by atoms with Crippen LogP contribution in [0.25, 0.3) is 0 Å². The number of hydrogen-bond acceptors (Lipinski definition) is 5. The van der Waals surface area contributed by atoms with Crippen LogP contribution in [0.15, 0.2) is 0 Å². The Kier molecular flexibility index (Phi) is 2.49. The lowest BCUT2D eigenvalue weighted by atomic mass is 9.80. The normalized spacial score (nSPS) is 53.2. The van der Waals surface area contributed by atoms with E-state index in [0.717, 1.165) is 19.3 Å². The molecule has 16 heavy (non-hydrogen) atoms. The first-order valence-corrected chi connectivity index (χ1v) is 6.09. The van der Waals surface area contributed by atoms with Crippen LogP contribution < -0.4 is 0 Å². The molecule has 5 nitrogen and oxygen atoms in total. The summed E-state index contributed by atoms with van der Waals surface area (Å²) in [5, 5.41) is 30.6. The first-order chi connectivity index (χ1) is 7.59. The number of rotatable bonds is 2. The van der Waals surface area contributed by atoms with Crippen LogP contribution >= 0.6 is 0 Å². The van der Waals surface area contributed by atoms with Gasteiger partial charge >= 0.3 is 0 Å². The van der Waals surface area contributed by atoms with E-state index >= 15 is 0 Å². The molecule has 1 aliphatic heterocycles. The van der Waals surface area contributed by atoms with Crippen molar-refractivity contribution in [3.8, 4) is 0 Å². The van der Waals surface area contributed by atoms with E-state index in [-0.39, 0.29) is 11.8 Å². The Labute approximate surface area is 94.6 Å². The highest BCUT2D eigenvalue weighted by Crippen LogP contribution is 2.58. The molecule has 1 saturated heterocycles. The molecule has 7 atom stereocenters. The standard InChI is InChI=1S/C11H19NO4/c1-5(13)16-12-10(14)8-6-2-3-7(4-6)9(8)11(12)15/h5-11,13-15H,2-4H2,1H3. The largest absolute Gasteiger partial charge is 0.376 e. The molecule has 0 aromatic heterocycles. The minimum Gasteiger partial charge on any atom is -0.376 e. The number of fused-ring (bicyclic) bond motifs is 5. The van der Waals surface area contributed by atoms with Gasteiger partial charge in [-0.1, -0.05) is 0 Å². The quantitative estimate of drug-likeness (QED) is 0.575. The van der Waals surface area contributed by atoms with Gasteiger partial charge in [0.05, 0.1) is 0 Å². The number of hydroxylamine groups is 2. The Morgan fingerprint density at radius 2 is 1.62 bits per heavy atom. The Bertz CT molecular complexity index is 263. The molecule has 2 saturated carbocycles. The van der Waals surface area contributed by atoms with E-state index in [1.807, 2.05) is 0 Å². The summed E-state index contributed by atoms with van der Waals surface area (Å²) in [5.41, 5.74) is 0. The zero-order chi connectivity index (χ0) is 11.4. The highest BCUT2D eigenvalue weighted by atomic mass is 16.8. The van der Waals surface area contributed by atoms with Gasteiger partial charge in [-0.3, -0.25) is 4.84 Å². The Hall–Kier alpha value is -0.200. The molecule has 3 aliphatic rings. The van der Waals surface area contributed by atoms with E-state index in [4.69, 9.17) is 4.84 Å². The summed E-state index contributed by atoms with van der Waals surface area (Å²) in [4.78, 5) is 5.09. The van der Waals surface area contributed by atoms with Crippen LogP contribution in [-0.2, 0) is 4.84 Å². The van der Waals surface area contributed by atoms with Crippen molar-refractivity contribution in [3.05, 3.63) is 0 Å². The van der Waals surface area contributed by atoms with Crippen molar-refractivity contribution in [2.45, 2.75) is 44.9 Å². The molecule has 2 bridgehead atoms. The SMILES string of the molecule is CC(O)ON1C(O)C2C3CCC(C3)C2C1O. The molecule has 1 heterocycles. The Morgan fingerprint density at radius 1 is 1.12 bits per heavy atom. The molecule has 0 amide bonds. The zero-order valence-corrected chi connectivity index (χ0v) is 9.36. The van der Waals surface area contributed by atoms with Crippen LogP contribution in [0.1, 0.15) is 26.2 Å². The summed E-state index contributed by atoms with van der Waals surface area (Å²) in [6.45, 7) is 1.47. The number of nitrogens with zero attached hydrogens (tertiary/aromatic N) is 1. The summed E-state index contributed by atoms with van der Waals surface area (Å²) >= 11 is 0. The van der Waals surface area contributed by atoms with E-state index in [0.29, 0.717) is 11.8 Å². The van der Waals surface area contributed by atoms with Gasteiger partial charge in [-0.05, 0) is 38.0 Å². The highest BCUT2D eigenvalue weighted by Gasteiger charge is 2.61. The molecule has 7 unspecified atom stereocenters. The van der Waals surface area contributed by atoms with Crippen molar-refractivity contribution in [1.29, 1.82) is 0 Å². The number of aliphatic hydroxyl groups excluding tert-OH is 3. The molecule has 3 N–H and O–H groups in total. The van der Waals surface area contributed by atoms with Gasteiger partial charge in [0.25, 0.3) is 0 Å². The second kappa shape index (κ2) is 3.65. The molecule has 92 valence electrons. The molecule has 0 aromatic carbocycles. The van der Waals surface area contributed by atoms with Crippen LogP contribution in [0, 0.1) is 23.7 Å². The van der Waals surface area contributed by atoms with Crippen molar-refractivity contribution in [3.63, 3.8) is 0 Å². The fraction of sp³-hybridized carbons (Fsp3) is 1.00. The predicted octanol–water partition coefficient (Wildman–Crippen LogP) is -0.129. The van der Waals surface area contributed by atoms with Gasteiger partial charge < -0.3 is 15.3 Å². The zero-order valence-electron chi connectivity index (χ0n) is 9.36. The second-order valence-electron chi connectivity index (χ2n) is 5.38. The lowest BCUT2D eigenvalue weighted by Crippen LogP contribution is -2.41. The van der Waals surface area contributed by atoms with Crippen molar-refractivity contribution >= 4 is 0 Å². The molecular weight excluding hydrogens is 210 g/mol. The van der Waals surface area contributed by atoms with E-state index < -0.39 is 18.7 Å². The average molecular weight is 229 g/mol. The van der Waals surface area contributed by atoms with Gasteiger partial charge in [0, 0.05) is 11.8 Å². The van der Waals surface area contributed by atoms with Gasteiger partial charge in [-0.15, -0.1) is 5.06 Å². The smallest absolute Gasteiger partial charge is 0.172 e. The summed E-state index contributed by atoms with van der Waals surface area (Å²) in [7, 11) is 0. The maximum absolute atomic E-state index is 10.1. The van der Waals surface area contributed by atoms with Crippen LogP contribution in [0.5, 0.6) is 0 Å². The van der Waals surface area contributed by atoms with Crippen molar-refractivity contribution in [1.82, 2.24) is 5.06 Å². The molecular formula is C11H19NO4. The van der Waals surface area contributed by atoms with Gasteiger partial charge in [0.15, 0.2) is 6.29 Å². The topological polar surface area (TPSA) is 73.2 Å². The number of hydrogen-bond donors (Lipinski definition) is 3. The molecule has 0 aromatic rings. The van der Waals surface area contributed by atoms with Gasteiger partial charge in [0.2, 0.25) is 0 Å². The number of aliphatic hydroxyl groups is 3. The van der Waals surface area contributed by atoms with E-state index in [1.165, 1.54) is 12.0 Å². The fourth-order valence-corrected chi connectivity index (χ4v) is 4.06. The first kappa shape index (κ1) is 10.9. The maximum atomic E-state index is 10.1. The maximum Gasteiger partial charge on any atom is 0.172 e. The van der Waals surface area contributed by atoms with Crippen molar-refractivity contribution < 1.29 is 20.2 Å². The second-order valence-corrected chi connectivity index (χ2v) is 5.38. The summed E-state index contributed by atoms with van der Waals surface area (Å²) in [6, 6.07) is 0. The van der Waals surface area contributed by atoms with Crippen LogP contribution in [0.2, 0.25) is 0 Å². The third kappa shape index (κ3) is 1.36. The fourth-order valence-electron chi connectivity index (χ4n) is 4.06. The molecule has 0 radical (unpaired) electrons. The van der Waals surface area contributed by atoms with Crippen LogP contribution in [-0.4, -0.2) is 39.1 Å². The first-order valence-electron chi connectivity index (χ1n) is 6.09. The monoisotopic (exact) mass is 229 g/mol. The third-order valence-corrected chi connectivity index (χ3v) is 4.53. The van der Waals surface area contributed by atoms with Gasteiger partial charge in [-0.2, -0.15) is 0 Å². The van der Waals surface area contributed by atoms with E-state index in [2.05, 4.69) is 0 Å². The Morgan fingerprint density at radius 3 is 2.06 bits per heavy atom. The predicted molar refractivity (Wildman–Crippen MR) is 54.4 cm³/mol. The van der Waals surface area contributed by atoms with Crippen LogP contribution in [0.4, 0.5) is 0 Å². The van der Waals surface area contributed by atoms with E-state index in [1.54, 1.807) is 0 Å². The summed E-state index contributed by atoms with van der Waals surface area (Å²) in [6.07, 6.45) is 0.887. The van der Waals surface area contributed by atoms with E-state index in [9.17, 15) is 15.3 Å². The average Bonchev–Trinajstić information content (AvgIpc) is 2.87. The molecule has 0 spiro atoms. The third-order valence-electron chi connectivity index (χ3n) is 4.53. The Balaban J connectivity index is 1.81. The van der Waals surface area contributed by atoms with Crippen LogP contribution in [0.3, 0.4) is 0 Å². The van der Waals surface area contributed by atoms with Crippen molar-refractivity contribution in [2.75, 3.05) is 0 Å². The lowest BCUT2D eigenvalue weighted by molar-refractivity contribution is -0.339. The minimum absolute atomic E-state index is 0.118. The lowest BCUT2D eigenvalue weighted by Gasteiger charge is -2.27.